The third kappa shape index (κ3) is 5.66. The first-order chi connectivity index (χ1) is 9.01. The van der Waals surface area contributed by atoms with Crippen LogP contribution in [0.1, 0.15) is 5.56 Å². The lowest BCUT2D eigenvalue weighted by Gasteiger charge is -2.13. The van der Waals surface area contributed by atoms with Crippen molar-refractivity contribution in [3.8, 4) is 6.07 Å². The van der Waals surface area contributed by atoms with Crippen LogP contribution in [-0.4, -0.2) is 42.0 Å². The Kier molecular flexibility index (Phi) is 5.51. The Morgan fingerprint density at radius 2 is 1.95 bits per heavy atom. The summed E-state index contributed by atoms with van der Waals surface area (Å²) in [6.45, 7) is -0.180. The number of nitriles is 1. The van der Waals surface area contributed by atoms with E-state index in [1.54, 1.807) is 31.3 Å². The largest absolute Gasteiger partial charge is 0.480 e. The standard InChI is InChI=1S/C13H15N3O3/c1-16(9-13(18)19)8-12(17)15-11-4-2-10(3-5-11)6-7-14/h2-5H,6,8-9H2,1H3,(H,15,17)(H,18,19). The number of hydrogen-bond acceptors (Lipinski definition) is 4. The van der Waals surface area contributed by atoms with Crippen LogP contribution in [0.4, 0.5) is 5.69 Å². The highest BCUT2D eigenvalue weighted by atomic mass is 16.4. The van der Waals surface area contributed by atoms with E-state index in [4.69, 9.17) is 10.4 Å². The molecule has 6 nitrogen and oxygen atoms in total. The van der Waals surface area contributed by atoms with Crippen LogP contribution >= 0.6 is 0 Å². The molecule has 0 fully saturated rings. The summed E-state index contributed by atoms with van der Waals surface area (Å²) in [4.78, 5) is 23.5. The van der Waals surface area contributed by atoms with Gasteiger partial charge >= 0.3 is 5.97 Å². The van der Waals surface area contributed by atoms with Gasteiger partial charge in [-0.05, 0) is 24.7 Å². The zero-order valence-electron chi connectivity index (χ0n) is 10.6. The molecule has 0 aromatic heterocycles. The van der Waals surface area contributed by atoms with E-state index in [-0.39, 0.29) is 19.0 Å². The van der Waals surface area contributed by atoms with Crippen molar-refractivity contribution in [2.75, 3.05) is 25.5 Å². The number of nitrogens with zero attached hydrogens (tertiary/aromatic N) is 2. The summed E-state index contributed by atoms with van der Waals surface area (Å²) in [6.07, 6.45) is 0.329. The maximum Gasteiger partial charge on any atom is 0.317 e. The second-order valence-corrected chi connectivity index (χ2v) is 4.15. The van der Waals surface area contributed by atoms with Crippen LogP contribution in [0.5, 0.6) is 0 Å². The van der Waals surface area contributed by atoms with Gasteiger partial charge in [0.2, 0.25) is 5.91 Å². The van der Waals surface area contributed by atoms with Gasteiger partial charge in [0.15, 0.2) is 0 Å². The third-order valence-corrected chi connectivity index (χ3v) is 2.34. The molecule has 0 aliphatic heterocycles. The van der Waals surface area contributed by atoms with Crippen LogP contribution in [0.2, 0.25) is 0 Å². The summed E-state index contributed by atoms with van der Waals surface area (Å²) >= 11 is 0. The minimum absolute atomic E-state index is 0.00620. The molecule has 0 atom stereocenters. The van der Waals surface area contributed by atoms with E-state index >= 15 is 0 Å². The number of nitrogens with one attached hydrogen (secondary N) is 1. The van der Waals surface area contributed by atoms with Crippen LogP contribution < -0.4 is 5.32 Å². The molecule has 1 rings (SSSR count). The number of carboxylic acids is 1. The van der Waals surface area contributed by atoms with Gasteiger partial charge in [-0.2, -0.15) is 5.26 Å². The first kappa shape index (κ1) is 14.7. The van der Waals surface area contributed by atoms with Crippen LogP contribution in [0, 0.1) is 11.3 Å². The Morgan fingerprint density at radius 1 is 1.32 bits per heavy atom. The molecule has 1 amide bonds. The van der Waals surface area contributed by atoms with Crippen LogP contribution in [0.15, 0.2) is 24.3 Å². The minimum atomic E-state index is -0.976. The number of anilines is 1. The zero-order chi connectivity index (χ0) is 14.3. The summed E-state index contributed by atoms with van der Waals surface area (Å²) in [5.41, 5.74) is 1.50. The van der Waals surface area contributed by atoms with Gasteiger partial charge < -0.3 is 10.4 Å². The summed E-state index contributed by atoms with van der Waals surface area (Å²) in [7, 11) is 1.56. The molecule has 0 radical (unpaired) electrons. The Balaban J connectivity index is 2.48. The first-order valence-electron chi connectivity index (χ1n) is 5.67. The van der Waals surface area contributed by atoms with Crippen molar-refractivity contribution in [3.63, 3.8) is 0 Å². The Labute approximate surface area is 111 Å². The second-order valence-electron chi connectivity index (χ2n) is 4.15. The maximum absolute atomic E-state index is 11.6. The maximum atomic E-state index is 11.6. The van der Waals surface area contributed by atoms with E-state index in [1.165, 1.54) is 4.90 Å². The average molecular weight is 261 g/mol. The van der Waals surface area contributed by atoms with Crippen molar-refractivity contribution in [3.05, 3.63) is 29.8 Å². The first-order valence-corrected chi connectivity index (χ1v) is 5.67. The lowest BCUT2D eigenvalue weighted by molar-refractivity contribution is -0.138. The van der Waals surface area contributed by atoms with Gasteiger partial charge in [-0.25, -0.2) is 0 Å². The van der Waals surface area contributed by atoms with Gasteiger partial charge in [0.05, 0.1) is 25.6 Å². The van der Waals surface area contributed by atoms with Gasteiger partial charge in [0.1, 0.15) is 0 Å². The summed E-state index contributed by atoms with van der Waals surface area (Å²) in [5, 5.41) is 19.8. The molecule has 0 bridgehead atoms. The molecule has 0 aliphatic rings. The topological polar surface area (TPSA) is 93.4 Å². The molecule has 0 heterocycles. The molecule has 2 N–H and O–H groups in total. The number of benzene rings is 1. The number of likely N-dealkylation sites (N-methyl/N-ethyl adjacent to an activating group) is 1. The smallest absolute Gasteiger partial charge is 0.317 e. The van der Waals surface area contributed by atoms with E-state index < -0.39 is 5.97 Å². The van der Waals surface area contributed by atoms with E-state index in [0.717, 1.165) is 5.56 Å². The van der Waals surface area contributed by atoms with E-state index in [0.29, 0.717) is 12.1 Å². The van der Waals surface area contributed by atoms with Crippen molar-refractivity contribution in [2.45, 2.75) is 6.42 Å². The van der Waals surface area contributed by atoms with Crippen LogP contribution in [0.25, 0.3) is 0 Å². The molecule has 0 unspecified atom stereocenters. The highest BCUT2D eigenvalue weighted by molar-refractivity contribution is 5.92. The zero-order valence-corrected chi connectivity index (χ0v) is 10.6. The summed E-state index contributed by atoms with van der Waals surface area (Å²) < 4.78 is 0. The van der Waals surface area contributed by atoms with Crippen molar-refractivity contribution >= 4 is 17.6 Å². The molecule has 0 spiro atoms. The normalized spacial score (nSPS) is 9.95. The SMILES string of the molecule is CN(CC(=O)O)CC(=O)Nc1ccc(CC#N)cc1. The number of hydrogen-bond donors (Lipinski definition) is 2. The van der Waals surface area contributed by atoms with Crippen molar-refractivity contribution in [2.24, 2.45) is 0 Å². The highest BCUT2D eigenvalue weighted by Gasteiger charge is 2.09. The number of amides is 1. The van der Waals surface area contributed by atoms with Gasteiger partial charge in [0, 0.05) is 5.69 Å². The van der Waals surface area contributed by atoms with Gasteiger partial charge in [0.25, 0.3) is 0 Å². The Bertz CT molecular complexity index is 491. The number of carboxylic acid groups (broad SMARTS) is 1. The van der Waals surface area contributed by atoms with Crippen molar-refractivity contribution in [1.82, 2.24) is 4.90 Å². The predicted octanol–water partition coefficient (Wildman–Crippen LogP) is 0.708. The molecule has 6 heteroatoms. The lowest BCUT2D eigenvalue weighted by atomic mass is 10.1. The number of carbonyl (C=O) groups is 2. The minimum Gasteiger partial charge on any atom is -0.480 e. The van der Waals surface area contributed by atoms with E-state index in [9.17, 15) is 9.59 Å². The van der Waals surface area contributed by atoms with Gasteiger partial charge in [-0.3, -0.25) is 14.5 Å². The van der Waals surface area contributed by atoms with Crippen LogP contribution in [0.3, 0.4) is 0 Å². The quantitative estimate of drug-likeness (QED) is 0.786. The van der Waals surface area contributed by atoms with E-state index in [1.807, 2.05) is 6.07 Å². The Morgan fingerprint density at radius 3 is 2.47 bits per heavy atom. The fourth-order valence-electron chi connectivity index (χ4n) is 1.53. The average Bonchev–Trinajstić information content (AvgIpc) is 2.30. The summed E-state index contributed by atoms with van der Waals surface area (Å²) in [5.74, 6) is -1.26. The fraction of sp³-hybridized carbons (Fsp3) is 0.308. The monoisotopic (exact) mass is 261 g/mol. The molecule has 1 aromatic rings. The summed E-state index contributed by atoms with van der Waals surface area (Å²) in [6, 6.07) is 8.99. The van der Waals surface area contributed by atoms with Crippen LogP contribution in [-0.2, 0) is 16.0 Å². The molecular formula is C13H15N3O3. The molecule has 19 heavy (non-hydrogen) atoms. The molecular weight excluding hydrogens is 246 g/mol. The molecule has 0 saturated carbocycles. The fourth-order valence-corrected chi connectivity index (χ4v) is 1.53. The molecule has 1 aromatic carbocycles. The van der Waals surface area contributed by atoms with E-state index in [2.05, 4.69) is 5.32 Å². The molecule has 0 aliphatic carbocycles. The third-order valence-electron chi connectivity index (χ3n) is 2.34. The predicted molar refractivity (Wildman–Crippen MR) is 69.5 cm³/mol. The highest BCUT2D eigenvalue weighted by Crippen LogP contribution is 2.09. The number of aliphatic carboxylic acids is 1. The number of rotatable bonds is 6. The molecule has 0 saturated heterocycles. The van der Waals surface area contributed by atoms with Gasteiger partial charge in [-0.1, -0.05) is 12.1 Å². The Hall–Kier alpha value is -2.39. The molecule has 100 valence electrons. The van der Waals surface area contributed by atoms with Gasteiger partial charge in [-0.15, -0.1) is 0 Å². The van der Waals surface area contributed by atoms with Crippen molar-refractivity contribution < 1.29 is 14.7 Å². The second kappa shape index (κ2) is 7.13. The number of carbonyl (C=O) groups excluding carboxylic acids is 1. The lowest BCUT2D eigenvalue weighted by Crippen LogP contribution is -2.33. The van der Waals surface area contributed by atoms with Crippen molar-refractivity contribution in [1.29, 1.82) is 5.26 Å².